The van der Waals surface area contributed by atoms with E-state index in [0.717, 1.165) is 11.1 Å². The Bertz CT molecular complexity index is 765. The van der Waals surface area contributed by atoms with Crippen molar-refractivity contribution in [3.8, 4) is 11.1 Å². The Morgan fingerprint density at radius 3 is 2.04 bits per heavy atom. The van der Waals surface area contributed by atoms with E-state index in [0.29, 0.717) is 11.1 Å². The molecule has 1 aliphatic rings. The third-order valence-electron chi connectivity index (χ3n) is 5.00. The fraction of sp³-hybridized carbons (Fsp3) is 0.316. The van der Waals surface area contributed by atoms with E-state index >= 15 is 0 Å². The molecule has 2 N–H and O–H groups in total. The molecule has 0 radical (unpaired) electrons. The predicted molar refractivity (Wildman–Crippen MR) is 86.5 cm³/mol. The first kappa shape index (κ1) is 15.7. The maximum atomic E-state index is 12.1. The summed E-state index contributed by atoms with van der Waals surface area (Å²) >= 11 is 0. The monoisotopic (exact) mass is 312 g/mol. The highest BCUT2D eigenvalue weighted by Gasteiger charge is 2.58. The first-order chi connectivity index (χ1) is 10.9. The summed E-state index contributed by atoms with van der Waals surface area (Å²) in [5.74, 6) is -1.50. The highest BCUT2D eigenvalue weighted by Crippen LogP contribution is 2.54. The minimum absolute atomic E-state index is 0.529. The van der Waals surface area contributed by atoms with E-state index in [2.05, 4.69) is 0 Å². The Balaban J connectivity index is 2.36. The van der Waals surface area contributed by atoms with Crippen molar-refractivity contribution in [1.29, 1.82) is 0 Å². The molecule has 23 heavy (non-hydrogen) atoms. The molecule has 2 aromatic rings. The molecule has 0 aromatic heterocycles. The molecule has 3 atom stereocenters. The van der Waals surface area contributed by atoms with Crippen LogP contribution in [0.15, 0.2) is 48.5 Å². The number of fused-ring (bicyclic) bond motifs is 3. The summed E-state index contributed by atoms with van der Waals surface area (Å²) in [6, 6.07) is 14.7. The van der Waals surface area contributed by atoms with E-state index in [-0.39, 0.29) is 0 Å². The molecule has 0 bridgehead atoms. The summed E-state index contributed by atoms with van der Waals surface area (Å²) in [6.07, 6.45) is 0. The minimum atomic E-state index is -1.79. The molecule has 0 unspecified atom stereocenters. The number of hydrogen-bond acceptors (Lipinski definition) is 4. The number of carbonyl (C=O) groups is 1. The predicted octanol–water partition coefficient (Wildman–Crippen LogP) is 2.57. The zero-order chi connectivity index (χ0) is 16.8. The van der Waals surface area contributed by atoms with Crippen molar-refractivity contribution in [2.45, 2.75) is 25.0 Å². The van der Waals surface area contributed by atoms with E-state index in [4.69, 9.17) is 4.74 Å². The molecule has 0 heterocycles. The second-order valence-corrected chi connectivity index (χ2v) is 6.17. The second-order valence-electron chi connectivity index (χ2n) is 6.17. The molecule has 0 spiro atoms. The Morgan fingerprint density at radius 1 is 1.00 bits per heavy atom. The van der Waals surface area contributed by atoms with Gasteiger partial charge in [-0.15, -0.1) is 0 Å². The van der Waals surface area contributed by atoms with Gasteiger partial charge in [0.25, 0.3) is 0 Å². The average Bonchev–Trinajstić information content (AvgIpc) is 2.58. The highest BCUT2D eigenvalue weighted by atomic mass is 16.5. The molecule has 0 saturated heterocycles. The van der Waals surface area contributed by atoms with Crippen LogP contribution in [0.4, 0.5) is 0 Å². The van der Waals surface area contributed by atoms with Crippen LogP contribution in [0.2, 0.25) is 0 Å². The SMILES string of the molecule is COC(=O)[C@H](C)[C@]1(O)c2ccccc2-c2ccccc2[C@@]1(C)O. The first-order valence-electron chi connectivity index (χ1n) is 7.57. The van der Waals surface area contributed by atoms with E-state index in [1.54, 1.807) is 32.0 Å². The number of carbonyl (C=O) groups excluding carboxylic acids is 1. The van der Waals surface area contributed by atoms with E-state index in [1.807, 2.05) is 30.3 Å². The molecule has 4 nitrogen and oxygen atoms in total. The number of hydrogen-bond donors (Lipinski definition) is 2. The topological polar surface area (TPSA) is 66.8 Å². The van der Waals surface area contributed by atoms with Crippen molar-refractivity contribution in [2.24, 2.45) is 5.92 Å². The molecule has 2 aromatic carbocycles. The van der Waals surface area contributed by atoms with Gasteiger partial charge in [-0.2, -0.15) is 0 Å². The minimum Gasteiger partial charge on any atom is -0.469 e. The standard InChI is InChI=1S/C19H20O4/c1-12(17(20)23-3)19(22)16-11-7-5-9-14(16)13-8-4-6-10-15(13)18(19,2)21/h4-12,21-22H,1-3H3/t12-,18+,19-/m0/s1. The fourth-order valence-electron chi connectivity index (χ4n) is 3.66. The van der Waals surface area contributed by atoms with E-state index in [1.165, 1.54) is 7.11 Å². The number of esters is 1. The third-order valence-corrected chi connectivity index (χ3v) is 5.00. The maximum absolute atomic E-state index is 12.1. The van der Waals surface area contributed by atoms with Crippen LogP contribution in [0, 0.1) is 5.92 Å². The van der Waals surface area contributed by atoms with Gasteiger partial charge in [0, 0.05) is 0 Å². The molecule has 120 valence electrons. The van der Waals surface area contributed by atoms with Crippen LogP contribution in [0.5, 0.6) is 0 Å². The molecule has 4 heteroatoms. The number of ether oxygens (including phenoxy) is 1. The normalized spacial score (nSPS) is 26.8. The molecule has 0 amide bonds. The van der Waals surface area contributed by atoms with Gasteiger partial charge in [-0.3, -0.25) is 4.79 Å². The van der Waals surface area contributed by atoms with Gasteiger partial charge in [0.1, 0.15) is 11.2 Å². The Morgan fingerprint density at radius 2 is 1.48 bits per heavy atom. The lowest BCUT2D eigenvalue weighted by Gasteiger charge is -2.49. The van der Waals surface area contributed by atoms with Crippen molar-refractivity contribution in [2.75, 3.05) is 7.11 Å². The van der Waals surface area contributed by atoms with Gasteiger partial charge in [0.2, 0.25) is 0 Å². The molecule has 0 fully saturated rings. The summed E-state index contributed by atoms with van der Waals surface area (Å²) in [5, 5.41) is 22.8. The third kappa shape index (κ3) is 1.95. The maximum Gasteiger partial charge on any atom is 0.311 e. The summed E-state index contributed by atoms with van der Waals surface area (Å²) in [4.78, 5) is 12.1. The zero-order valence-corrected chi connectivity index (χ0v) is 13.4. The van der Waals surface area contributed by atoms with Gasteiger partial charge in [0.15, 0.2) is 0 Å². The zero-order valence-electron chi connectivity index (χ0n) is 13.4. The number of methoxy groups -OCH3 is 1. The van der Waals surface area contributed by atoms with Gasteiger partial charge < -0.3 is 14.9 Å². The lowest BCUT2D eigenvalue weighted by molar-refractivity contribution is -0.199. The summed E-state index contributed by atoms with van der Waals surface area (Å²) in [5.41, 5.74) is -0.627. The molecular weight excluding hydrogens is 292 g/mol. The summed E-state index contributed by atoms with van der Waals surface area (Å²) < 4.78 is 4.82. The van der Waals surface area contributed by atoms with Crippen LogP contribution in [0.1, 0.15) is 25.0 Å². The number of aliphatic hydroxyl groups is 2. The Kier molecular flexibility index (Phi) is 3.54. The lowest BCUT2D eigenvalue weighted by Crippen LogP contribution is -2.56. The van der Waals surface area contributed by atoms with E-state index < -0.39 is 23.1 Å². The van der Waals surface area contributed by atoms with Crippen molar-refractivity contribution in [3.05, 3.63) is 59.7 Å². The molecule has 3 rings (SSSR count). The van der Waals surface area contributed by atoms with Crippen LogP contribution in [-0.4, -0.2) is 23.3 Å². The van der Waals surface area contributed by atoms with Crippen LogP contribution >= 0.6 is 0 Å². The Labute approximate surface area is 135 Å². The first-order valence-corrected chi connectivity index (χ1v) is 7.57. The number of benzene rings is 2. The van der Waals surface area contributed by atoms with Crippen molar-refractivity contribution < 1.29 is 19.7 Å². The van der Waals surface area contributed by atoms with Gasteiger partial charge in [0.05, 0.1) is 13.0 Å². The second kappa shape index (κ2) is 5.18. The molecule has 0 aliphatic heterocycles. The molecular formula is C19H20O4. The summed E-state index contributed by atoms with van der Waals surface area (Å²) in [7, 11) is 1.28. The van der Waals surface area contributed by atoms with Gasteiger partial charge >= 0.3 is 5.97 Å². The number of rotatable bonds is 2. The Hall–Kier alpha value is -2.17. The van der Waals surface area contributed by atoms with Crippen molar-refractivity contribution >= 4 is 5.97 Å². The highest BCUT2D eigenvalue weighted by molar-refractivity contribution is 5.81. The van der Waals surface area contributed by atoms with Crippen LogP contribution in [-0.2, 0) is 20.7 Å². The largest absolute Gasteiger partial charge is 0.469 e. The van der Waals surface area contributed by atoms with Crippen molar-refractivity contribution in [1.82, 2.24) is 0 Å². The molecule has 0 saturated carbocycles. The summed E-state index contributed by atoms with van der Waals surface area (Å²) in [6.45, 7) is 3.12. The van der Waals surface area contributed by atoms with E-state index in [9.17, 15) is 15.0 Å². The smallest absolute Gasteiger partial charge is 0.311 e. The van der Waals surface area contributed by atoms with Crippen LogP contribution in [0.3, 0.4) is 0 Å². The van der Waals surface area contributed by atoms with Gasteiger partial charge in [-0.25, -0.2) is 0 Å². The van der Waals surface area contributed by atoms with Gasteiger partial charge in [-0.05, 0) is 36.1 Å². The van der Waals surface area contributed by atoms with Crippen LogP contribution in [0.25, 0.3) is 11.1 Å². The quantitative estimate of drug-likeness (QED) is 0.837. The average molecular weight is 312 g/mol. The van der Waals surface area contributed by atoms with Gasteiger partial charge in [-0.1, -0.05) is 48.5 Å². The van der Waals surface area contributed by atoms with Crippen LogP contribution < -0.4 is 0 Å². The lowest BCUT2D eigenvalue weighted by atomic mass is 9.61. The molecule has 1 aliphatic carbocycles. The van der Waals surface area contributed by atoms with Crippen molar-refractivity contribution in [3.63, 3.8) is 0 Å². The fourth-order valence-corrected chi connectivity index (χ4v) is 3.66.